The summed E-state index contributed by atoms with van der Waals surface area (Å²) in [4.78, 5) is 45.3. The van der Waals surface area contributed by atoms with E-state index in [1.165, 1.54) is 17.2 Å². The number of aromatic nitrogens is 2. The number of carbonyl (C=O) groups excluding carboxylic acids is 2. The summed E-state index contributed by atoms with van der Waals surface area (Å²) < 4.78 is 13.1. The summed E-state index contributed by atoms with van der Waals surface area (Å²) in [6, 6.07) is 15.0. The average molecular weight is 511 g/mol. The van der Waals surface area contributed by atoms with Gasteiger partial charge < -0.3 is 19.3 Å². The van der Waals surface area contributed by atoms with Gasteiger partial charge in [-0.15, -0.1) is 0 Å². The molecule has 0 aliphatic carbocycles. The molecule has 2 atom stereocenters. The molecule has 0 N–H and O–H groups in total. The quantitative estimate of drug-likeness (QED) is 0.306. The predicted molar refractivity (Wildman–Crippen MR) is 134 cm³/mol. The molecule has 1 fully saturated rings. The lowest BCUT2D eigenvalue weighted by molar-refractivity contribution is -0.385. The SMILES string of the molecule is CN1CC(=O)N2[C@H](c3ccc4c(c3)OCO4)c3c(c4ccccc4n3-c3ccc([N+](=O)[O-])cn3)C[C@@H]2C1=O. The number of hydrogen-bond donors (Lipinski definition) is 0. The Labute approximate surface area is 215 Å². The van der Waals surface area contributed by atoms with Crippen LogP contribution < -0.4 is 9.47 Å². The second-order valence-electron chi connectivity index (χ2n) is 9.58. The second-order valence-corrected chi connectivity index (χ2v) is 9.58. The summed E-state index contributed by atoms with van der Waals surface area (Å²) in [6.07, 6.45) is 1.56. The lowest BCUT2D eigenvalue weighted by Crippen LogP contribution is -2.62. The first-order chi connectivity index (χ1) is 18.4. The summed E-state index contributed by atoms with van der Waals surface area (Å²) in [6.45, 7) is 0.0813. The van der Waals surface area contributed by atoms with Crippen molar-refractivity contribution in [2.45, 2.75) is 18.5 Å². The molecule has 0 spiro atoms. The molecule has 0 unspecified atom stereocenters. The van der Waals surface area contributed by atoms with Gasteiger partial charge in [-0.05, 0) is 35.4 Å². The molecule has 4 aromatic rings. The monoisotopic (exact) mass is 511 g/mol. The Bertz CT molecular complexity index is 1660. The molecule has 2 amide bonds. The van der Waals surface area contributed by atoms with Crippen LogP contribution in [0.15, 0.2) is 60.8 Å². The van der Waals surface area contributed by atoms with E-state index in [1.807, 2.05) is 41.0 Å². The number of benzene rings is 2. The zero-order chi connectivity index (χ0) is 26.1. The molecule has 5 heterocycles. The van der Waals surface area contributed by atoms with Crippen LogP contribution in [0.5, 0.6) is 11.5 Å². The molecule has 0 radical (unpaired) electrons. The number of likely N-dealkylation sites (N-methyl/N-ethyl adjacent to an activating group) is 1. The summed E-state index contributed by atoms with van der Waals surface area (Å²) in [5.41, 5.74) is 3.19. The highest BCUT2D eigenvalue weighted by molar-refractivity contribution is 5.98. The highest BCUT2D eigenvalue weighted by atomic mass is 16.7. The van der Waals surface area contributed by atoms with Crippen molar-refractivity contribution in [2.75, 3.05) is 20.4 Å². The van der Waals surface area contributed by atoms with Crippen LogP contribution in [0, 0.1) is 10.1 Å². The number of carbonyl (C=O) groups is 2. The van der Waals surface area contributed by atoms with Crippen LogP contribution in [-0.2, 0) is 16.0 Å². The van der Waals surface area contributed by atoms with Crippen molar-refractivity contribution in [3.05, 3.63) is 87.7 Å². The predicted octanol–water partition coefficient (Wildman–Crippen LogP) is 2.98. The molecule has 0 bridgehead atoms. The Morgan fingerprint density at radius 3 is 2.66 bits per heavy atom. The number of pyridine rings is 1. The molecule has 11 nitrogen and oxygen atoms in total. The fourth-order valence-corrected chi connectivity index (χ4v) is 5.84. The standard InChI is InChI=1S/C27H21N5O6/c1-29-13-24(33)31-20(27(29)34)11-18-17-4-2-3-5-19(17)30(23-9-7-16(12-28-23)32(35)36)26(18)25(31)15-6-8-21-22(10-15)38-14-37-21/h2-10,12,20,25H,11,13-14H2,1H3/t20-,25-/m1/s1. The normalized spacial score (nSPS) is 20.0. The zero-order valence-electron chi connectivity index (χ0n) is 20.2. The minimum atomic E-state index is -0.673. The molecular formula is C27H21N5O6. The number of para-hydroxylation sites is 1. The van der Waals surface area contributed by atoms with Crippen molar-refractivity contribution in [2.24, 2.45) is 0 Å². The first-order valence-electron chi connectivity index (χ1n) is 12.1. The van der Waals surface area contributed by atoms with Gasteiger partial charge in [0.05, 0.1) is 28.7 Å². The van der Waals surface area contributed by atoms with Gasteiger partial charge in [0.25, 0.3) is 5.69 Å². The zero-order valence-corrected chi connectivity index (χ0v) is 20.2. The highest BCUT2D eigenvalue weighted by Gasteiger charge is 2.48. The lowest BCUT2D eigenvalue weighted by atomic mass is 9.86. The average Bonchev–Trinajstić information content (AvgIpc) is 3.53. The van der Waals surface area contributed by atoms with Gasteiger partial charge in [-0.2, -0.15) is 0 Å². The largest absolute Gasteiger partial charge is 0.454 e. The number of nitrogens with zero attached hydrogens (tertiary/aromatic N) is 5. The van der Waals surface area contributed by atoms with Crippen LogP contribution in [0.4, 0.5) is 5.69 Å². The molecular weight excluding hydrogens is 490 g/mol. The molecule has 2 aromatic carbocycles. The Hall–Kier alpha value is -4.93. The van der Waals surface area contributed by atoms with E-state index in [9.17, 15) is 19.7 Å². The van der Waals surface area contributed by atoms with Gasteiger partial charge in [0.2, 0.25) is 18.6 Å². The summed E-state index contributed by atoms with van der Waals surface area (Å²) in [7, 11) is 1.65. The number of fused-ring (bicyclic) bond motifs is 5. The molecule has 2 aromatic heterocycles. The van der Waals surface area contributed by atoms with Gasteiger partial charge in [-0.25, -0.2) is 4.98 Å². The van der Waals surface area contributed by atoms with Gasteiger partial charge in [-0.3, -0.25) is 24.3 Å². The number of amides is 2. The van der Waals surface area contributed by atoms with Gasteiger partial charge in [0.15, 0.2) is 11.5 Å². The summed E-state index contributed by atoms with van der Waals surface area (Å²) in [5, 5.41) is 12.2. The molecule has 0 saturated carbocycles. The fourth-order valence-electron chi connectivity index (χ4n) is 5.84. The first-order valence-corrected chi connectivity index (χ1v) is 12.1. The molecule has 3 aliphatic rings. The van der Waals surface area contributed by atoms with E-state index < -0.39 is 17.0 Å². The maximum absolute atomic E-state index is 13.6. The maximum atomic E-state index is 13.6. The highest BCUT2D eigenvalue weighted by Crippen LogP contribution is 2.47. The van der Waals surface area contributed by atoms with E-state index in [0.29, 0.717) is 23.7 Å². The molecule has 7 rings (SSSR count). The minimum Gasteiger partial charge on any atom is -0.454 e. The number of hydrogen-bond acceptors (Lipinski definition) is 7. The van der Waals surface area contributed by atoms with Crippen molar-refractivity contribution >= 4 is 28.4 Å². The van der Waals surface area contributed by atoms with Gasteiger partial charge in [0.1, 0.15) is 18.1 Å². The third-order valence-corrected chi connectivity index (χ3v) is 7.50. The topological polar surface area (TPSA) is 120 Å². The summed E-state index contributed by atoms with van der Waals surface area (Å²) in [5.74, 6) is 1.37. The third-order valence-electron chi connectivity index (χ3n) is 7.50. The van der Waals surface area contributed by atoms with Crippen LogP contribution in [0.3, 0.4) is 0 Å². The lowest BCUT2D eigenvalue weighted by Gasteiger charge is -2.46. The second kappa shape index (κ2) is 8.04. The molecule has 11 heteroatoms. The first kappa shape index (κ1) is 22.3. The Kier molecular flexibility index (Phi) is 4.71. The van der Waals surface area contributed by atoms with E-state index in [4.69, 9.17) is 9.47 Å². The smallest absolute Gasteiger partial charge is 0.287 e. The molecule has 3 aliphatic heterocycles. The van der Waals surface area contributed by atoms with E-state index in [-0.39, 0.29) is 30.8 Å². The Morgan fingerprint density at radius 1 is 1.05 bits per heavy atom. The number of piperazine rings is 1. The van der Waals surface area contributed by atoms with Gasteiger partial charge in [0, 0.05) is 24.9 Å². The van der Waals surface area contributed by atoms with E-state index >= 15 is 0 Å². The molecule has 190 valence electrons. The van der Waals surface area contributed by atoms with Crippen LogP contribution >= 0.6 is 0 Å². The number of ether oxygens (including phenoxy) is 2. The molecule has 38 heavy (non-hydrogen) atoms. The Morgan fingerprint density at radius 2 is 1.87 bits per heavy atom. The van der Waals surface area contributed by atoms with Crippen LogP contribution in [0.25, 0.3) is 16.7 Å². The van der Waals surface area contributed by atoms with Crippen molar-refractivity contribution in [1.29, 1.82) is 0 Å². The minimum absolute atomic E-state index is 0.0261. The van der Waals surface area contributed by atoms with E-state index in [1.54, 1.807) is 24.1 Å². The van der Waals surface area contributed by atoms with E-state index in [0.717, 1.165) is 27.7 Å². The van der Waals surface area contributed by atoms with Crippen LogP contribution in [0.2, 0.25) is 0 Å². The Balaban J connectivity index is 1.53. The van der Waals surface area contributed by atoms with Crippen molar-refractivity contribution < 1.29 is 24.0 Å². The van der Waals surface area contributed by atoms with Crippen molar-refractivity contribution in [3.63, 3.8) is 0 Å². The van der Waals surface area contributed by atoms with Crippen LogP contribution in [0.1, 0.15) is 22.9 Å². The maximum Gasteiger partial charge on any atom is 0.287 e. The van der Waals surface area contributed by atoms with Gasteiger partial charge >= 0.3 is 0 Å². The van der Waals surface area contributed by atoms with E-state index in [2.05, 4.69) is 4.98 Å². The number of nitro groups is 1. The third kappa shape index (κ3) is 3.11. The fraction of sp³-hybridized carbons (Fsp3) is 0.222. The summed E-state index contributed by atoms with van der Waals surface area (Å²) >= 11 is 0. The number of rotatable bonds is 3. The molecule has 1 saturated heterocycles. The van der Waals surface area contributed by atoms with Gasteiger partial charge in [-0.1, -0.05) is 24.3 Å². The van der Waals surface area contributed by atoms with Crippen molar-refractivity contribution in [1.82, 2.24) is 19.4 Å². The van der Waals surface area contributed by atoms with Crippen molar-refractivity contribution in [3.8, 4) is 17.3 Å². The van der Waals surface area contributed by atoms with Crippen LogP contribution in [-0.4, -0.2) is 62.5 Å².